The first kappa shape index (κ1) is 12.6. The second kappa shape index (κ2) is 5.55. The number of anilines is 1. The Labute approximate surface area is 95.5 Å². The molecule has 2 atom stereocenters. The van der Waals surface area contributed by atoms with Crippen molar-refractivity contribution < 1.29 is 4.79 Å². The zero-order valence-electron chi connectivity index (χ0n) is 9.90. The molecule has 1 amide bonds. The Morgan fingerprint density at radius 3 is 2.88 bits per heavy atom. The minimum atomic E-state index is -0.496. The molecule has 0 saturated heterocycles. The highest BCUT2D eigenvalue weighted by Crippen LogP contribution is 2.11. The zero-order valence-corrected chi connectivity index (χ0v) is 9.90. The van der Waals surface area contributed by atoms with E-state index >= 15 is 0 Å². The largest absolute Gasteiger partial charge is 0.322 e. The normalized spacial score (nSPS) is 14.2. The Balaban J connectivity index is 2.68. The van der Waals surface area contributed by atoms with E-state index in [0.717, 1.165) is 12.1 Å². The molecule has 0 fully saturated rings. The summed E-state index contributed by atoms with van der Waals surface area (Å²) in [4.78, 5) is 19.6. The van der Waals surface area contributed by atoms with Gasteiger partial charge in [-0.3, -0.25) is 4.79 Å². The number of carbonyl (C=O) groups excluding carboxylic acids is 1. The predicted molar refractivity (Wildman–Crippen MR) is 62.8 cm³/mol. The molecule has 1 rings (SSSR count). The average Bonchev–Trinajstić information content (AvgIpc) is 2.30. The summed E-state index contributed by atoms with van der Waals surface area (Å²) in [7, 11) is 0. The molecule has 0 aliphatic rings. The number of aromatic nitrogens is 2. The minimum absolute atomic E-state index is 0.157. The van der Waals surface area contributed by atoms with E-state index in [1.165, 1.54) is 6.33 Å². The monoisotopic (exact) mass is 222 g/mol. The summed E-state index contributed by atoms with van der Waals surface area (Å²) < 4.78 is 0. The van der Waals surface area contributed by atoms with Crippen LogP contribution in [-0.2, 0) is 4.79 Å². The van der Waals surface area contributed by atoms with E-state index in [-0.39, 0.29) is 11.8 Å². The highest BCUT2D eigenvalue weighted by molar-refractivity contribution is 5.95. The van der Waals surface area contributed by atoms with Gasteiger partial charge in [0, 0.05) is 0 Å². The molecule has 5 nitrogen and oxygen atoms in total. The second-order valence-electron chi connectivity index (χ2n) is 3.92. The van der Waals surface area contributed by atoms with E-state index in [9.17, 15) is 4.79 Å². The topological polar surface area (TPSA) is 80.9 Å². The lowest BCUT2D eigenvalue weighted by Crippen LogP contribution is -2.40. The predicted octanol–water partition coefficient (Wildman–Crippen LogP) is 1.10. The Morgan fingerprint density at radius 1 is 1.62 bits per heavy atom. The van der Waals surface area contributed by atoms with Gasteiger partial charge in [0.15, 0.2) is 0 Å². The van der Waals surface area contributed by atoms with Crippen LogP contribution in [0.25, 0.3) is 0 Å². The molecule has 0 aromatic carbocycles. The zero-order chi connectivity index (χ0) is 12.1. The number of carbonyl (C=O) groups is 1. The number of hydrogen-bond acceptors (Lipinski definition) is 4. The number of aryl methyl sites for hydroxylation is 1. The van der Waals surface area contributed by atoms with Crippen molar-refractivity contribution >= 4 is 11.6 Å². The third kappa shape index (κ3) is 3.00. The van der Waals surface area contributed by atoms with Crippen LogP contribution in [0.3, 0.4) is 0 Å². The maximum Gasteiger partial charge on any atom is 0.241 e. The van der Waals surface area contributed by atoms with Gasteiger partial charge in [-0.25, -0.2) is 9.97 Å². The lowest BCUT2D eigenvalue weighted by atomic mass is 9.99. The molecule has 1 aromatic rings. The molecule has 5 heteroatoms. The number of nitrogens with two attached hydrogens (primary N) is 1. The van der Waals surface area contributed by atoms with Crippen LogP contribution in [0.1, 0.15) is 26.0 Å². The lowest BCUT2D eigenvalue weighted by Gasteiger charge is -2.17. The van der Waals surface area contributed by atoms with Gasteiger partial charge in [-0.1, -0.05) is 20.3 Å². The quantitative estimate of drug-likeness (QED) is 0.799. The molecule has 3 N–H and O–H groups in total. The maximum absolute atomic E-state index is 11.8. The van der Waals surface area contributed by atoms with Crippen molar-refractivity contribution in [2.24, 2.45) is 11.7 Å². The van der Waals surface area contributed by atoms with E-state index < -0.39 is 6.04 Å². The van der Waals surface area contributed by atoms with Crippen LogP contribution in [0.15, 0.2) is 12.5 Å². The maximum atomic E-state index is 11.8. The molecule has 0 aliphatic heterocycles. The van der Waals surface area contributed by atoms with E-state index in [4.69, 9.17) is 5.73 Å². The highest BCUT2D eigenvalue weighted by atomic mass is 16.2. The smallest absolute Gasteiger partial charge is 0.241 e. The fourth-order valence-corrected chi connectivity index (χ4v) is 1.24. The molecule has 1 heterocycles. The van der Waals surface area contributed by atoms with Gasteiger partial charge in [0.1, 0.15) is 6.33 Å². The Kier molecular flexibility index (Phi) is 4.37. The third-order valence-corrected chi connectivity index (χ3v) is 2.73. The van der Waals surface area contributed by atoms with Gasteiger partial charge in [0.2, 0.25) is 5.91 Å². The van der Waals surface area contributed by atoms with Gasteiger partial charge in [-0.2, -0.15) is 0 Å². The van der Waals surface area contributed by atoms with Gasteiger partial charge in [-0.05, 0) is 12.8 Å². The van der Waals surface area contributed by atoms with Crippen molar-refractivity contribution in [2.75, 3.05) is 5.32 Å². The molecule has 0 bridgehead atoms. The molecular formula is C11H18N4O. The van der Waals surface area contributed by atoms with Crippen molar-refractivity contribution in [3.05, 3.63) is 18.2 Å². The van der Waals surface area contributed by atoms with Crippen molar-refractivity contribution in [1.29, 1.82) is 0 Å². The molecular weight excluding hydrogens is 204 g/mol. The fourth-order valence-electron chi connectivity index (χ4n) is 1.24. The van der Waals surface area contributed by atoms with Crippen molar-refractivity contribution in [1.82, 2.24) is 9.97 Å². The lowest BCUT2D eigenvalue weighted by molar-refractivity contribution is -0.118. The van der Waals surface area contributed by atoms with Crippen molar-refractivity contribution in [3.8, 4) is 0 Å². The van der Waals surface area contributed by atoms with Crippen LogP contribution in [0.5, 0.6) is 0 Å². The molecule has 0 saturated carbocycles. The average molecular weight is 222 g/mol. The summed E-state index contributed by atoms with van der Waals surface area (Å²) in [6, 6.07) is -0.496. The van der Waals surface area contributed by atoms with Gasteiger partial charge in [-0.15, -0.1) is 0 Å². The third-order valence-electron chi connectivity index (χ3n) is 2.73. The summed E-state index contributed by atoms with van der Waals surface area (Å²) in [6.45, 7) is 5.78. The Hall–Kier alpha value is -1.49. The van der Waals surface area contributed by atoms with Crippen LogP contribution in [0.4, 0.5) is 5.69 Å². The molecule has 1 aromatic heterocycles. The molecule has 0 radical (unpaired) electrons. The van der Waals surface area contributed by atoms with Gasteiger partial charge >= 0.3 is 0 Å². The van der Waals surface area contributed by atoms with Crippen LogP contribution in [-0.4, -0.2) is 21.9 Å². The summed E-state index contributed by atoms with van der Waals surface area (Å²) in [5, 5.41) is 2.74. The van der Waals surface area contributed by atoms with Crippen molar-refractivity contribution in [2.45, 2.75) is 33.2 Å². The summed E-state index contributed by atoms with van der Waals surface area (Å²) in [5.41, 5.74) is 7.17. The fraction of sp³-hybridized carbons (Fsp3) is 0.545. The first-order chi connectivity index (χ1) is 7.56. The number of amides is 1. The van der Waals surface area contributed by atoms with Crippen LogP contribution < -0.4 is 11.1 Å². The first-order valence-corrected chi connectivity index (χ1v) is 5.39. The van der Waals surface area contributed by atoms with E-state index in [1.807, 2.05) is 20.8 Å². The van der Waals surface area contributed by atoms with E-state index in [1.54, 1.807) is 6.20 Å². The van der Waals surface area contributed by atoms with E-state index in [2.05, 4.69) is 15.3 Å². The molecule has 16 heavy (non-hydrogen) atoms. The standard InChI is InChI=1S/C11H18N4O/c1-4-7(2)10(12)11(16)15-9-5-13-6-14-8(9)3/h5-7,10H,4,12H2,1-3H3,(H,15,16)/t7-,10-/m0/s1. The first-order valence-electron chi connectivity index (χ1n) is 5.39. The molecule has 0 aliphatic carbocycles. The van der Waals surface area contributed by atoms with Crippen molar-refractivity contribution in [3.63, 3.8) is 0 Å². The second-order valence-corrected chi connectivity index (χ2v) is 3.92. The van der Waals surface area contributed by atoms with Gasteiger partial charge in [0.05, 0.1) is 23.6 Å². The minimum Gasteiger partial charge on any atom is -0.322 e. The summed E-state index contributed by atoms with van der Waals surface area (Å²) in [6.07, 6.45) is 3.89. The number of hydrogen-bond donors (Lipinski definition) is 2. The highest BCUT2D eigenvalue weighted by Gasteiger charge is 2.19. The Morgan fingerprint density at radius 2 is 2.31 bits per heavy atom. The number of rotatable bonds is 4. The van der Waals surface area contributed by atoms with Gasteiger partial charge in [0.25, 0.3) is 0 Å². The van der Waals surface area contributed by atoms with Crippen LogP contribution in [0.2, 0.25) is 0 Å². The Bertz CT molecular complexity index is 367. The molecule has 0 unspecified atom stereocenters. The van der Waals surface area contributed by atoms with Gasteiger partial charge < -0.3 is 11.1 Å². The number of nitrogens with one attached hydrogen (secondary N) is 1. The molecule has 0 spiro atoms. The summed E-state index contributed by atoms with van der Waals surface area (Å²) in [5.74, 6) is -0.0304. The van der Waals surface area contributed by atoms with E-state index in [0.29, 0.717) is 5.69 Å². The summed E-state index contributed by atoms with van der Waals surface area (Å²) >= 11 is 0. The SMILES string of the molecule is CC[C@H](C)[C@H](N)C(=O)Nc1cncnc1C. The molecule has 88 valence electrons. The van der Waals surface area contributed by atoms with Crippen LogP contribution >= 0.6 is 0 Å². The van der Waals surface area contributed by atoms with Crippen LogP contribution in [0, 0.1) is 12.8 Å². The number of nitrogens with zero attached hydrogens (tertiary/aromatic N) is 2.